The van der Waals surface area contributed by atoms with Gasteiger partial charge in [0.25, 0.3) is 0 Å². The lowest BCUT2D eigenvalue weighted by Crippen LogP contribution is -2.38. The fourth-order valence-electron chi connectivity index (χ4n) is 3.74. The summed E-state index contributed by atoms with van der Waals surface area (Å²) in [6, 6.07) is 14.1. The zero-order chi connectivity index (χ0) is 20.4. The third-order valence-corrected chi connectivity index (χ3v) is 5.47. The van der Waals surface area contributed by atoms with Crippen molar-refractivity contribution in [3.05, 3.63) is 65.1 Å². The molecule has 4 rings (SSSR count). The van der Waals surface area contributed by atoms with Crippen molar-refractivity contribution in [3.8, 4) is 6.07 Å². The van der Waals surface area contributed by atoms with Gasteiger partial charge in [-0.1, -0.05) is 29.8 Å². The van der Waals surface area contributed by atoms with Gasteiger partial charge in [-0.3, -0.25) is 9.78 Å². The molecule has 1 fully saturated rings. The van der Waals surface area contributed by atoms with Crippen molar-refractivity contribution in [1.82, 2.24) is 4.98 Å². The summed E-state index contributed by atoms with van der Waals surface area (Å²) in [5, 5.41) is 13.4. The fraction of sp³-hybridized carbons (Fsp3) is 0.227. The van der Waals surface area contributed by atoms with E-state index in [1.165, 1.54) is 12.1 Å². The SMILES string of the molecule is N#Cc1cnc2ccccc2c1N1CCC(C(=O)Nc2ccc(Cl)cc2F)CC1. The number of hydrogen-bond acceptors (Lipinski definition) is 4. The van der Waals surface area contributed by atoms with E-state index in [0.717, 1.165) is 16.6 Å². The minimum Gasteiger partial charge on any atom is -0.370 e. The summed E-state index contributed by atoms with van der Waals surface area (Å²) in [5.74, 6) is -0.976. The van der Waals surface area contributed by atoms with Crippen LogP contribution in [0, 0.1) is 23.1 Å². The maximum Gasteiger partial charge on any atom is 0.227 e. The van der Waals surface area contributed by atoms with Crippen LogP contribution in [0.4, 0.5) is 15.8 Å². The van der Waals surface area contributed by atoms with Gasteiger partial charge >= 0.3 is 0 Å². The van der Waals surface area contributed by atoms with Gasteiger partial charge in [0, 0.05) is 35.6 Å². The molecule has 0 bridgehead atoms. The molecule has 1 aromatic heterocycles. The summed E-state index contributed by atoms with van der Waals surface area (Å²) in [5.41, 5.74) is 2.35. The average Bonchev–Trinajstić information content (AvgIpc) is 2.75. The number of nitrogens with one attached hydrogen (secondary N) is 1. The number of halogens is 2. The Hall–Kier alpha value is -3.17. The predicted octanol–water partition coefficient (Wildman–Crippen LogP) is 4.75. The van der Waals surface area contributed by atoms with E-state index in [0.29, 0.717) is 31.5 Å². The molecule has 0 spiro atoms. The second kappa shape index (κ2) is 8.06. The van der Waals surface area contributed by atoms with Gasteiger partial charge in [0.05, 0.1) is 22.5 Å². The molecule has 3 aromatic rings. The average molecular weight is 409 g/mol. The summed E-state index contributed by atoms with van der Waals surface area (Å²) in [6.07, 6.45) is 2.82. The normalized spacial score (nSPS) is 14.6. The van der Waals surface area contributed by atoms with Crippen molar-refractivity contribution in [3.63, 3.8) is 0 Å². The smallest absolute Gasteiger partial charge is 0.227 e. The number of carbonyl (C=O) groups excluding carboxylic acids is 1. The van der Waals surface area contributed by atoms with Crippen molar-refractivity contribution in [2.75, 3.05) is 23.3 Å². The summed E-state index contributed by atoms with van der Waals surface area (Å²) in [6.45, 7) is 1.26. The lowest BCUT2D eigenvalue weighted by molar-refractivity contribution is -0.120. The van der Waals surface area contributed by atoms with Crippen molar-refractivity contribution in [1.29, 1.82) is 5.26 Å². The number of rotatable bonds is 3. The number of nitrogens with zero attached hydrogens (tertiary/aromatic N) is 3. The fourth-order valence-corrected chi connectivity index (χ4v) is 3.90. The zero-order valence-corrected chi connectivity index (χ0v) is 16.3. The van der Waals surface area contributed by atoms with E-state index in [1.54, 1.807) is 12.3 Å². The molecule has 29 heavy (non-hydrogen) atoms. The Labute approximate surface area is 172 Å². The molecule has 0 radical (unpaired) electrons. The van der Waals surface area contributed by atoms with Gasteiger partial charge in [0.15, 0.2) is 0 Å². The monoisotopic (exact) mass is 408 g/mol. The minimum atomic E-state index is -0.551. The Morgan fingerprint density at radius 2 is 2.00 bits per heavy atom. The number of pyridine rings is 1. The van der Waals surface area contributed by atoms with Gasteiger partial charge in [-0.15, -0.1) is 0 Å². The molecule has 0 saturated carbocycles. The standard InChI is InChI=1S/C22H18ClFN4O/c23-16-5-6-20(18(24)11-16)27-22(29)14-7-9-28(10-8-14)21-15(12-25)13-26-19-4-2-1-3-17(19)21/h1-6,11,13-14H,7-10H2,(H,27,29). The van der Waals surface area contributed by atoms with Crippen LogP contribution < -0.4 is 10.2 Å². The van der Waals surface area contributed by atoms with Gasteiger partial charge in [-0.25, -0.2) is 4.39 Å². The molecule has 2 aromatic carbocycles. The number of piperidine rings is 1. The first-order valence-electron chi connectivity index (χ1n) is 9.35. The molecule has 146 valence electrons. The second-order valence-electron chi connectivity index (χ2n) is 7.02. The highest BCUT2D eigenvalue weighted by Gasteiger charge is 2.27. The van der Waals surface area contributed by atoms with Crippen LogP contribution in [0.3, 0.4) is 0 Å². The molecule has 1 aliphatic rings. The van der Waals surface area contributed by atoms with Crippen molar-refractivity contribution in [2.24, 2.45) is 5.92 Å². The molecular formula is C22H18ClFN4O. The molecule has 1 saturated heterocycles. The van der Waals surface area contributed by atoms with Crippen LogP contribution in [-0.2, 0) is 4.79 Å². The first-order valence-corrected chi connectivity index (χ1v) is 9.73. The van der Waals surface area contributed by atoms with E-state index in [2.05, 4.69) is 21.3 Å². The van der Waals surface area contributed by atoms with Crippen molar-refractivity contribution in [2.45, 2.75) is 12.8 Å². The largest absolute Gasteiger partial charge is 0.370 e. The number of carbonyl (C=O) groups is 1. The van der Waals surface area contributed by atoms with E-state index in [4.69, 9.17) is 11.6 Å². The first-order chi connectivity index (χ1) is 14.1. The Balaban J connectivity index is 1.49. The number of anilines is 2. The Morgan fingerprint density at radius 3 is 2.72 bits per heavy atom. The summed E-state index contributed by atoms with van der Waals surface area (Å²) < 4.78 is 13.9. The topological polar surface area (TPSA) is 69.0 Å². The first kappa shape index (κ1) is 19.2. The molecule has 0 aliphatic carbocycles. The maximum atomic E-state index is 13.9. The Bertz CT molecular complexity index is 1120. The van der Waals surface area contributed by atoms with Crippen LogP contribution in [0.5, 0.6) is 0 Å². The van der Waals surface area contributed by atoms with Gasteiger partial charge < -0.3 is 10.2 Å². The van der Waals surface area contributed by atoms with E-state index < -0.39 is 5.82 Å². The molecule has 7 heteroatoms. The summed E-state index contributed by atoms with van der Waals surface area (Å²) in [7, 11) is 0. The molecule has 1 N–H and O–H groups in total. The van der Waals surface area contributed by atoms with Crippen LogP contribution in [0.25, 0.3) is 10.9 Å². The number of aromatic nitrogens is 1. The van der Waals surface area contributed by atoms with Gasteiger partial charge in [0.1, 0.15) is 11.9 Å². The molecule has 0 unspecified atom stereocenters. The highest BCUT2D eigenvalue weighted by Crippen LogP contribution is 2.32. The number of hydrogen-bond donors (Lipinski definition) is 1. The van der Waals surface area contributed by atoms with Crippen LogP contribution in [0.15, 0.2) is 48.7 Å². The molecular weight excluding hydrogens is 391 g/mol. The van der Waals surface area contributed by atoms with E-state index >= 15 is 0 Å². The summed E-state index contributed by atoms with van der Waals surface area (Å²) >= 11 is 5.76. The van der Waals surface area contributed by atoms with Crippen LogP contribution in [-0.4, -0.2) is 24.0 Å². The number of para-hydroxylation sites is 1. The van der Waals surface area contributed by atoms with Gasteiger partial charge in [0.2, 0.25) is 5.91 Å². The number of benzene rings is 2. The summed E-state index contributed by atoms with van der Waals surface area (Å²) in [4.78, 5) is 19.1. The van der Waals surface area contributed by atoms with Gasteiger partial charge in [-0.05, 0) is 37.1 Å². The third kappa shape index (κ3) is 3.87. The molecule has 1 amide bonds. The molecule has 5 nitrogen and oxygen atoms in total. The van der Waals surface area contributed by atoms with E-state index in [9.17, 15) is 14.4 Å². The number of nitriles is 1. The van der Waals surface area contributed by atoms with Crippen LogP contribution in [0.1, 0.15) is 18.4 Å². The van der Waals surface area contributed by atoms with Crippen LogP contribution >= 0.6 is 11.6 Å². The van der Waals surface area contributed by atoms with E-state index in [-0.39, 0.29) is 22.5 Å². The lowest BCUT2D eigenvalue weighted by atomic mass is 9.94. The van der Waals surface area contributed by atoms with Crippen LogP contribution in [0.2, 0.25) is 5.02 Å². The third-order valence-electron chi connectivity index (χ3n) is 5.24. The van der Waals surface area contributed by atoms with Gasteiger partial charge in [-0.2, -0.15) is 5.26 Å². The highest BCUT2D eigenvalue weighted by atomic mass is 35.5. The van der Waals surface area contributed by atoms with Crippen molar-refractivity contribution < 1.29 is 9.18 Å². The van der Waals surface area contributed by atoms with Crippen molar-refractivity contribution >= 4 is 39.8 Å². The number of amides is 1. The van der Waals surface area contributed by atoms with E-state index in [1.807, 2.05) is 24.3 Å². The second-order valence-corrected chi connectivity index (χ2v) is 7.46. The Kier molecular flexibility index (Phi) is 5.32. The molecule has 1 aliphatic heterocycles. The quantitative estimate of drug-likeness (QED) is 0.678. The molecule has 2 heterocycles. The lowest BCUT2D eigenvalue weighted by Gasteiger charge is -2.34. The maximum absolute atomic E-state index is 13.9. The molecule has 0 atom stereocenters. The zero-order valence-electron chi connectivity index (χ0n) is 15.5. The predicted molar refractivity (Wildman–Crippen MR) is 111 cm³/mol. The highest BCUT2D eigenvalue weighted by molar-refractivity contribution is 6.30. The number of fused-ring (bicyclic) bond motifs is 1. The Morgan fingerprint density at radius 1 is 1.24 bits per heavy atom. The minimum absolute atomic E-state index is 0.133.